The van der Waals surface area contributed by atoms with Gasteiger partial charge in [0.1, 0.15) is 5.82 Å². The Kier molecular flexibility index (Phi) is 5.53. The van der Waals surface area contributed by atoms with Crippen molar-refractivity contribution < 1.29 is 17.6 Å². The second-order valence-electron chi connectivity index (χ2n) is 6.11. The zero-order chi connectivity index (χ0) is 18.6. The Morgan fingerprint density at radius 1 is 1.04 bits per heavy atom. The van der Waals surface area contributed by atoms with E-state index in [1.165, 1.54) is 48.5 Å². The van der Waals surface area contributed by atoms with Gasteiger partial charge >= 0.3 is 0 Å². The van der Waals surface area contributed by atoms with E-state index in [4.69, 9.17) is 0 Å². The smallest absolute Gasteiger partial charge is 0.261 e. The molecule has 8 heteroatoms. The average molecular weight is 377 g/mol. The van der Waals surface area contributed by atoms with E-state index in [1.54, 1.807) is 0 Å². The SMILES string of the molecule is O=C(NC1CCNCC1)c1ccc(S(=O)(=O)Nc2ccccc2F)cc1. The third kappa shape index (κ3) is 4.39. The van der Waals surface area contributed by atoms with Crippen LogP contribution in [0, 0.1) is 5.82 Å². The van der Waals surface area contributed by atoms with E-state index in [2.05, 4.69) is 15.4 Å². The number of piperidine rings is 1. The Morgan fingerprint density at radius 2 is 1.69 bits per heavy atom. The van der Waals surface area contributed by atoms with Crippen molar-refractivity contribution in [2.45, 2.75) is 23.8 Å². The molecule has 2 aromatic rings. The van der Waals surface area contributed by atoms with Gasteiger partial charge in [-0.05, 0) is 62.3 Å². The first-order valence-corrected chi connectivity index (χ1v) is 9.83. The predicted octanol–water partition coefficient (Wildman–Crippen LogP) is 2.11. The molecule has 2 aromatic carbocycles. The van der Waals surface area contributed by atoms with Crippen LogP contribution in [0.5, 0.6) is 0 Å². The van der Waals surface area contributed by atoms with Crippen LogP contribution in [0.1, 0.15) is 23.2 Å². The highest BCUT2D eigenvalue weighted by Crippen LogP contribution is 2.19. The van der Waals surface area contributed by atoms with Crippen LogP contribution in [0.4, 0.5) is 10.1 Å². The van der Waals surface area contributed by atoms with Crippen molar-refractivity contribution in [3.05, 3.63) is 59.9 Å². The first-order chi connectivity index (χ1) is 12.5. The highest BCUT2D eigenvalue weighted by molar-refractivity contribution is 7.92. The van der Waals surface area contributed by atoms with Gasteiger partial charge in [-0.1, -0.05) is 12.1 Å². The molecule has 0 atom stereocenters. The molecular weight excluding hydrogens is 357 g/mol. The number of hydrogen-bond donors (Lipinski definition) is 3. The largest absolute Gasteiger partial charge is 0.349 e. The Labute approximate surface area is 151 Å². The molecule has 0 radical (unpaired) electrons. The topological polar surface area (TPSA) is 87.3 Å². The molecule has 1 amide bonds. The molecule has 0 saturated carbocycles. The Hall–Kier alpha value is -2.45. The molecule has 0 bridgehead atoms. The first-order valence-electron chi connectivity index (χ1n) is 8.35. The lowest BCUT2D eigenvalue weighted by molar-refractivity contribution is 0.0929. The second kappa shape index (κ2) is 7.84. The number of nitrogens with one attached hydrogen (secondary N) is 3. The number of carbonyl (C=O) groups is 1. The average Bonchev–Trinajstić information content (AvgIpc) is 2.64. The molecule has 1 fully saturated rings. The van der Waals surface area contributed by atoms with Crippen LogP contribution in [-0.2, 0) is 10.0 Å². The van der Waals surface area contributed by atoms with Crippen LogP contribution < -0.4 is 15.4 Å². The molecule has 0 aromatic heterocycles. The number of halogens is 1. The van der Waals surface area contributed by atoms with Crippen molar-refractivity contribution in [1.82, 2.24) is 10.6 Å². The van der Waals surface area contributed by atoms with Gasteiger partial charge in [-0.15, -0.1) is 0 Å². The summed E-state index contributed by atoms with van der Waals surface area (Å²) in [7, 11) is -3.94. The van der Waals surface area contributed by atoms with E-state index >= 15 is 0 Å². The highest BCUT2D eigenvalue weighted by Gasteiger charge is 2.19. The minimum absolute atomic E-state index is 0.0424. The van der Waals surface area contributed by atoms with Crippen molar-refractivity contribution in [1.29, 1.82) is 0 Å². The van der Waals surface area contributed by atoms with Crippen molar-refractivity contribution in [2.75, 3.05) is 17.8 Å². The fraction of sp³-hybridized carbons (Fsp3) is 0.278. The zero-order valence-corrected chi connectivity index (χ0v) is 14.9. The van der Waals surface area contributed by atoms with Gasteiger partial charge in [0.15, 0.2) is 0 Å². The van der Waals surface area contributed by atoms with Crippen LogP contribution in [0.2, 0.25) is 0 Å². The molecule has 0 spiro atoms. The van der Waals surface area contributed by atoms with Crippen LogP contribution in [0.25, 0.3) is 0 Å². The van der Waals surface area contributed by atoms with Crippen LogP contribution >= 0.6 is 0 Å². The maximum absolute atomic E-state index is 13.6. The summed E-state index contributed by atoms with van der Waals surface area (Å²) in [6.45, 7) is 1.73. The summed E-state index contributed by atoms with van der Waals surface area (Å²) in [6.07, 6.45) is 1.73. The molecule has 1 saturated heterocycles. The molecule has 1 aliphatic rings. The van der Waals surface area contributed by atoms with E-state index in [9.17, 15) is 17.6 Å². The number of rotatable bonds is 5. The maximum atomic E-state index is 13.6. The summed E-state index contributed by atoms with van der Waals surface area (Å²) in [6, 6.07) is 11.2. The van der Waals surface area contributed by atoms with E-state index in [-0.39, 0.29) is 22.5 Å². The summed E-state index contributed by atoms with van der Waals surface area (Å²) in [4.78, 5) is 12.2. The van der Waals surface area contributed by atoms with E-state index < -0.39 is 15.8 Å². The van der Waals surface area contributed by atoms with Crippen molar-refractivity contribution in [2.24, 2.45) is 0 Å². The number of para-hydroxylation sites is 1. The Morgan fingerprint density at radius 3 is 2.35 bits per heavy atom. The molecule has 1 aliphatic heterocycles. The van der Waals surface area contributed by atoms with E-state index in [0.29, 0.717) is 5.56 Å². The second-order valence-corrected chi connectivity index (χ2v) is 7.79. The minimum Gasteiger partial charge on any atom is -0.349 e. The molecule has 1 heterocycles. The lowest BCUT2D eigenvalue weighted by Gasteiger charge is -2.23. The van der Waals surface area contributed by atoms with E-state index in [1.807, 2.05) is 0 Å². The summed E-state index contributed by atoms with van der Waals surface area (Å²) >= 11 is 0. The molecule has 6 nitrogen and oxygen atoms in total. The number of amides is 1. The monoisotopic (exact) mass is 377 g/mol. The van der Waals surface area contributed by atoms with Crippen molar-refractivity contribution >= 4 is 21.6 Å². The van der Waals surface area contributed by atoms with Gasteiger partial charge in [-0.25, -0.2) is 12.8 Å². The summed E-state index contributed by atoms with van der Waals surface area (Å²) in [5.41, 5.74) is 0.258. The van der Waals surface area contributed by atoms with Gasteiger partial charge in [0.25, 0.3) is 15.9 Å². The molecule has 0 aliphatic carbocycles. The molecular formula is C18H20FN3O3S. The number of hydrogen-bond acceptors (Lipinski definition) is 4. The third-order valence-electron chi connectivity index (χ3n) is 4.22. The summed E-state index contributed by atoms with van der Waals surface area (Å²) in [5.74, 6) is -0.892. The lowest BCUT2D eigenvalue weighted by Crippen LogP contribution is -2.42. The normalized spacial score (nSPS) is 15.4. The van der Waals surface area contributed by atoms with Crippen LogP contribution in [-0.4, -0.2) is 33.5 Å². The molecule has 0 unspecified atom stereocenters. The quantitative estimate of drug-likeness (QED) is 0.745. The van der Waals surface area contributed by atoms with Crippen molar-refractivity contribution in [3.8, 4) is 0 Å². The fourth-order valence-electron chi connectivity index (χ4n) is 2.77. The number of sulfonamides is 1. The zero-order valence-electron chi connectivity index (χ0n) is 14.0. The minimum atomic E-state index is -3.94. The van der Waals surface area contributed by atoms with Gasteiger partial charge in [0.2, 0.25) is 0 Å². The molecule has 26 heavy (non-hydrogen) atoms. The van der Waals surface area contributed by atoms with Crippen LogP contribution in [0.3, 0.4) is 0 Å². The molecule has 138 valence electrons. The van der Waals surface area contributed by atoms with Gasteiger partial charge in [0, 0.05) is 11.6 Å². The maximum Gasteiger partial charge on any atom is 0.261 e. The lowest BCUT2D eigenvalue weighted by atomic mass is 10.1. The molecule has 3 N–H and O–H groups in total. The first kappa shape index (κ1) is 18.3. The predicted molar refractivity (Wildman–Crippen MR) is 97.0 cm³/mol. The third-order valence-corrected chi connectivity index (χ3v) is 5.60. The van der Waals surface area contributed by atoms with Gasteiger partial charge < -0.3 is 10.6 Å². The van der Waals surface area contributed by atoms with Gasteiger partial charge in [-0.2, -0.15) is 0 Å². The van der Waals surface area contributed by atoms with Gasteiger partial charge in [-0.3, -0.25) is 9.52 Å². The fourth-order valence-corrected chi connectivity index (χ4v) is 3.84. The Bertz CT molecular complexity index is 879. The summed E-state index contributed by atoms with van der Waals surface area (Å²) < 4.78 is 40.6. The Balaban J connectivity index is 1.70. The number of carbonyl (C=O) groups excluding carboxylic acids is 1. The highest BCUT2D eigenvalue weighted by atomic mass is 32.2. The summed E-state index contributed by atoms with van der Waals surface area (Å²) in [5, 5.41) is 6.17. The van der Waals surface area contributed by atoms with E-state index in [0.717, 1.165) is 25.9 Å². The standard InChI is InChI=1S/C18H20FN3O3S/c19-16-3-1-2-4-17(16)22-26(24,25)15-7-5-13(6-8-15)18(23)21-14-9-11-20-12-10-14/h1-8,14,20,22H,9-12H2,(H,21,23). The van der Waals surface area contributed by atoms with Gasteiger partial charge in [0.05, 0.1) is 10.6 Å². The molecule has 3 rings (SSSR count). The van der Waals surface area contributed by atoms with Crippen molar-refractivity contribution in [3.63, 3.8) is 0 Å². The number of benzene rings is 2. The van der Waals surface area contributed by atoms with Crippen LogP contribution in [0.15, 0.2) is 53.4 Å². The number of anilines is 1.